The van der Waals surface area contributed by atoms with Crippen LogP contribution in [0.3, 0.4) is 0 Å². The molecule has 0 aliphatic carbocycles. The van der Waals surface area contributed by atoms with Gasteiger partial charge in [0.2, 0.25) is 0 Å². The van der Waals surface area contributed by atoms with Crippen molar-refractivity contribution in [2.24, 2.45) is 0 Å². The summed E-state index contributed by atoms with van der Waals surface area (Å²) in [6, 6.07) is 70.3. The molecule has 0 saturated carbocycles. The SMILES string of the molecule is c1ccc(-n2c3ccccc3c3cc(-c4c5ccccc5cc5c6cccc7c8cc9c(cc8n(c45)c76)c4cccc5c6c7ccccc7ccc6n9c45)ccc32)cc1. The molecule has 3 heteroatoms. The molecule has 0 unspecified atom stereocenters. The van der Waals surface area contributed by atoms with Crippen LogP contribution in [0, 0.1) is 0 Å². The van der Waals surface area contributed by atoms with Gasteiger partial charge in [0.05, 0.1) is 44.1 Å². The van der Waals surface area contributed by atoms with E-state index in [1.54, 1.807) is 0 Å². The summed E-state index contributed by atoms with van der Waals surface area (Å²) in [5.41, 5.74) is 13.8. The van der Waals surface area contributed by atoms with Crippen molar-refractivity contribution in [1.82, 2.24) is 13.4 Å². The van der Waals surface area contributed by atoms with Crippen LogP contribution in [0.1, 0.15) is 0 Å². The van der Waals surface area contributed by atoms with E-state index in [4.69, 9.17) is 0 Å². The largest absolute Gasteiger partial charge is 0.309 e. The number of benzene rings is 10. The van der Waals surface area contributed by atoms with E-state index >= 15 is 0 Å². The van der Waals surface area contributed by atoms with Crippen LogP contribution in [0.5, 0.6) is 0 Å². The Kier molecular flexibility index (Phi) is 5.41. The third kappa shape index (κ3) is 3.62. The van der Waals surface area contributed by atoms with Crippen LogP contribution in [0.4, 0.5) is 0 Å². The van der Waals surface area contributed by atoms with Crippen molar-refractivity contribution in [3.8, 4) is 16.8 Å². The van der Waals surface area contributed by atoms with Gasteiger partial charge in [-0.3, -0.25) is 0 Å². The first-order chi connectivity index (χ1) is 29.3. The van der Waals surface area contributed by atoms with Crippen LogP contribution in [0.15, 0.2) is 188 Å². The molecule has 0 aliphatic heterocycles. The number of para-hydroxylation sites is 4. The van der Waals surface area contributed by atoms with Gasteiger partial charge in [0.15, 0.2) is 0 Å². The Balaban J connectivity index is 1.10. The molecule has 59 heavy (non-hydrogen) atoms. The molecule has 0 spiro atoms. The number of hydrogen-bond acceptors (Lipinski definition) is 0. The standard InChI is InChI=1S/C56H31N3/c1-2-14-35(15-3-1)57-47-23-9-8-18-38(47)43-29-34(25-26-48(43)57)52-37-17-7-5-13-33(37)28-46-41-21-10-19-39-45-30-50-44(31-51(45)59(54(39)41)56(46)52)40-20-11-22-42-53-36-16-6-4-12-32(36)24-27-49(53)58(50)55(40)42/h1-31H. The number of hydrogen-bond donors (Lipinski definition) is 0. The molecule has 5 aromatic heterocycles. The minimum atomic E-state index is 1.17. The zero-order chi connectivity index (χ0) is 38.1. The molecule has 0 N–H and O–H groups in total. The fourth-order valence-corrected chi connectivity index (χ4v) is 11.3. The highest BCUT2D eigenvalue weighted by molar-refractivity contribution is 6.33. The second-order valence-electron chi connectivity index (χ2n) is 16.4. The van der Waals surface area contributed by atoms with E-state index in [9.17, 15) is 0 Å². The molecule has 15 rings (SSSR count). The molecular weight excluding hydrogens is 715 g/mol. The van der Waals surface area contributed by atoms with Crippen molar-refractivity contribution < 1.29 is 0 Å². The molecular formula is C56H31N3. The lowest BCUT2D eigenvalue weighted by Gasteiger charge is -2.13. The lowest BCUT2D eigenvalue weighted by molar-refractivity contribution is 1.18. The van der Waals surface area contributed by atoms with E-state index < -0.39 is 0 Å². The van der Waals surface area contributed by atoms with Gasteiger partial charge >= 0.3 is 0 Å². The van der Waals surface area contributed by atoms with Crippen LogP contribution < -0.4 is 0 Å². The van der Waals surface area contributed by atoms with E-state index in [1.165, 1.54) is 136 Å². The smallest absolute Gasteiger partial charge is 0.0626 e. The molecule has 0 atom stereocenters. The summed E-state index contributed by atoms with van der Waals surface area (Å²) >= 11 is 0. The Hall–Kier alpha value is -7.88. The average molecular weight is 746 g/mol. The number of rotatable bonds is 2. The van der Waals surface area contributed by atoms with Crippen LogP contribution in [-0.4, -0.2) is 13.4 Å². The molecule has 10 aromatic carbocycles. The van der Waals surface area contributed by atoms with E-state index in [0.717, 1.165) is 0 Å². The molecule has 0 aliphatic rings. The maximum absolute atomic E-state index is 2.61. The molecule has 0 saturated heterocycles. The van der Waals surface area contributed by atoms with Crippen molar-refractivity contribution in [3.63, 3.8) is 0 Å². The van der Waals surface area contributed by atoms with Crippen molar-refractivity contribution in [2.75, 3.05) is 0 Å². The van der Waals surface area contributed by atoms with Gasteiger partial charge in [-0.2, -0.15) is 0 Å². The van der Waals surface area contributed by atoms with E-state index in [1.807, 2.05) is 0 Å². The highest BCUT2D eigenvalue weighted by Crippen LogP contribution is 2.49. The van der Waals surface area contributed by atoms with E-state index in [0.29, 0.717) is 0 Å². The molecule has 0 fully saturated rings. The highest BCUT2D eigenvalue weighted by atomic mass is 15.0. The molecule has 5 heterocycles. The second-order valence-corrected chi connectivity index (χ2v) is 16.4. The summed E-state index contributed by atoms with van der Waals surface area (Å²) in [6.07, 6.45) is 0. The molecule has 0 bridgehead atoms. The van der Waals surface area contributed by atoms with Crippen molar-refractivity contribution in [1.29, 1.82) is 0 Å². The highest BCUT2D eigenvalue weighted by Gasteiger charge is 2.25. The van der Waals surface area contributed by atoms with Crippen molar-refractivity contribution >= 4 is 120 Å². The number of nitrogens with zero attached hydrogens (tertiary/aromatic N) is 3. The van der Waals surface area contributed by atoms with Crippen LogP contribution in [-0.2, 0) is 0 Å². The Bertz CT molecular complexity index is 4290. The van der Waals surface area contributed by atoms with Crippen LogP contribution >= 0.6 is 0 Å². The van der Waals surface area contributed by atoms with E-state index in [2.05, 4.69) is 201 Å². The van der Waals surface area contributed by atoms with Crippen molar-refractivity contribution in [3.05, 3.63) is 188 Å². The average Bonchev–Trinajstić information content (AvgIpc) is 4.08. The molecule has 270 valence electrons. The fraction of sp³-hybridized carbons (Fsp3) is 0. The first kappa shape index (κ1) is 30.3. The zero-order valence-corrected chi connectivity index (χ0v) is 31.7. The van der Waals surface area contributed by atoms with E-state index in [-0.39, 0.29) is 0 Å². The molecule has 15 aromatic rings. The summed E-state index contributed by atoms with van der Waals surface area (Å²) in [7, 11) is 0. The topological polar surface area (TPSA) is 13.8 Å². The second kappa shape index (κ2) is 10.5. The molecule has 3 nitrogen and oxygen atoms in total. The number of fused-ring (bicyclic) bond motifs is 18. The zero-order valence-electron chi connectivity index (χ0n) is 31.7. The van der Waals surface area contributed by atoms with Gasteiger partial charge in [-0.1, -0.05) is 133 Å². The summed E-state index contributed by atoms with van der Waals surface area (Å²) in [5, 5.41) is 18.0. The lowest BCUT2D eigenvalue weighted by Crippen LogP contribution is -1.93. The summed E-state index contributed by atoms with van der Waals surface area (Å²) < 4.78 is 7.55. The first-order valence-electron chi connectivity index (χ1n) is 20.5. The Labute approximate surface area is 336 Å². The lowest BCUT2D eigenvalue weighted by atomic mass is 9.93. The van der Waals surface area contributed by atoms with Gasteiger partial charge in [-0.05, 0) is 81.7 Å². The predicted octanol–water partition coefficient (Wildman–Crippen LogP) is 15.1. The van der Waals surface area contributed by atoms with Gasteiger partial charge in [0.25, 0.3) is 0 Å². The quantitative estimate of drug-likeness (QED) is 0.167. The Morgan fingerprint density at radius 3 is 1.66 bits per heavy atom. The normalized spacial score (nSPS) is 12.7. The Morgan fingerprint density at radius 1 is 0.271 bits per heavy atom. The summed E-state index contributed by atoms with van der Waals surface area (Å²) in [4.78, 5) is 0. The summed E-state index contributed by atoms with van der Waals surface area (Å²) in [6.45, 7) is 0. The van der Waals surface area contributed by atoms with Gasteiger partial charge < -0.3 is 13.4 Å². The first-order valence-corrected chi connectivity index (χ1v) is 20.5. The maximum Gasteiger partial charge on any atom is 0.0626 e. The maximum atomic E-state index is 2.61. The third-order valence-electron chi connectivity index (χ3n) is 13.6. The van der Waals surface area contributed by atoms with Gasteiger partial charge in [-0.15, -0.1) is 0 Å². The predicted molar refractivity (Wildman–Crippen MR) is 251 cm³/mol. The Morgan fingerprint density at radius 2 is 0.847 bits per heavy atom. The molecule has 0 amide bonds. The van der Waals surface area contributed by atoms with Gasteiger partial charge in [-0.25, -0.2) is 0 Å². The van der Waals surface area contributed by atoms with Crippen LogP contribution in [0.25, 0.3) is 136 Å². The van der Waals surface area contributed by atoms with Crippen LogP contribution in [0.2, 0.25) is 0 Å². The molecule has 0 radical (unpaired) electrons. The van der Waals surface area contributed by atoms with Gasteiger partial charge in [0, 0.05) is 65.1 Å². The van der Waals surface area contributed by atoms with Crippen molar-refractivity contribution in [2.45, 2.75) is 0 Å². The monoisotopic (exact) mass is 745 g/mol. The minimum absolute atomic E-state index is 1.17. The third-order valence-corrected chi connectivity index (χ3v) is 13.6. The fourth-order valence-electron chi connectivity index (χ4n) is 11.3. The number of aromatic nitrogens is 3. The van der Waals surface area contributed by atoms with Gasteiger partial charge in [0.1, 0.15) is 0 Å². The summed E-state index contributed by atoms with van der Waals surface area (Å²) in [5.74, 6) is 0. The minimum Gasteiger partial charge on any atom is -0.309 e.